The summed E-state index contributed by atoms with van der Waals surface area (Å²) in [7, 11) is -6.17. The van der Waals surface area contributed by atoms with Crippen molar-refractivity contribution in [1.29, 1.82) is 0 Å². The van der Waals surface area contributed by atoms with Crippen LogP contribution in [0.2, 0.25) is 10.0 Å². The standard InChI is InChI=1S/C24H18ClF4N3O8.C20H14ClF4N3O5/c1-38-19-6-12(26)2-3-17(19)40-18-9-15(24(27,28)29)16(25)8-14(18)23(37)31-13-7-20(33)32(30-10-13)11-39-22(36)5-4-21(34)35;1-32-17-4-10(22)2-3-15(17)33-16-7-13(20(23,24)25)14(21)6-12(16)19(31)27-11-5-18(30)28(9-29)26-8-11/h2-3,6-10H,4-5,11H2,1H3,(H,31,37)(H,34,35);2-8,29H,9H2,1H3,(H,27,31)/i2*1D3. The molecule has 2 aromatic heterocycles. The molecule has 0 saturated heterocycles. The zero-order valence-corrected chi connectivity index (χ0v) is 37.4. The van der Waals surface area contributed by atoms with Crippen molar-refractivity contribution in [1.82, 2.24) is 19.6 Å². The Balaban J connectivity index is 0.000000295. The van der Waals surface area contributed by atoms with Gasteiger partial charge in [-0.2, -0.15) is 41.2 Å². The number of aliphatic hydroxyl groups is 1. The highest BCUT2D eigenvalue weighted by molar-refractivity contribution is 6.32. The number of halogens is 10. The van der Waals surface area contributed by atoms with E-state index in [9.17, 15) is 63.9 Å². The number of rotatable bonds is 16. The summed E-state index contributed by atoms with van der Waals surface area (Å²) >= 11 is 11.5. The molecule has 19 nitrogen and oxygen atoms in total. The van der Waals surface area contributed by atoms with Gasteiger partial charge >= 0.3 is 24.3 Å². The third-order valence-electron chi connectivity index (χ3n) is 8.99. The fraction of sp³-hybridized carbons (Fsp3) is 0.182. The zero-order valence-electron chi connectivity index (χ0n) is 41.9. The number of carbonyl (C=O) groups is 4. The second-order valence-electron chi connectivity index (χ2n) is 14.0. The van der Waals surface area contributed by atoms with Crippen LogP contribution in [0.4, 0.5) is 46.5 Å². The van der Waals surface area contributed by atoms with E-state index in [1.165, 1.54) is 0 Å². The summed E-state index contributed by atoms with van der Waals surface area (Å²) in [4.78, 5) is 72.2. The Labute approximate surface area is 421 Å². The molecule has 0 aliphatic carbocycles. The number of nitrogens with one attached hydrogen (secondary N) is 2. The zero-order chi connectivity index (χ0) is 58.9. The van der Waals surface area contributed by atoms with Crippen LogP contribution in [-0.2, 0) is 40.1 Å². The van der Waals surface area contributed by atoms with Gasteiger partial charge in [-0.05, 0) is 48.5 Å². The second kappa shape index (κ2) is 23.7. The number of benzene rings is 4. The number of aliphatic hydroxyl groups excluding tert-OH is 1. The van der Waals surface area contributed by atoms with Crippen LogP contribution in [0.1, 0.15) is 52.9 Å². The van der Waals surface area contributed by atoms with Crippen molar-refractivity contribution in [3.8, 4) is 34.5 Å². The molecule has 0 aliphatic rings. The van der Waals surface area contributed by atoms with Gasteiger partial charge in [-0.15, -0.1) is 0 Å². The van der Waals surface area contributed by atoms with Crippen LogP contribution in [0.15, 0.2) is 94.8 Å². The van der Waals surface area contributed by atoms with E-state index in [1.807, 2.05) is 0 Å². The summed E-state index contributed by atoms with van der Waals surface area (Å²) < 4.78 is 178. The third-order valence-corrected chi connectivity index (χ3v) is 9.61. The maximum Gasteiger partial charge on any atom is 0.417 e. The number of hydrogen-bond acceptors (Lipinski definition) is 14. The number of anilines is 2. The molecule has 0 radical (unpaired) electrons. The highest BCUT2D eigenvalue weighted by Crippen LogP contribution is 2.43. The monoisotopic (exact) mass is 1080 g/mol. The Hall–Kier alpha value is -8.30. The summed E-state index contributed by atoms with van der Waals surface area (Å²) in [5.74, 6) is -10.3. The summed E-state index contributed by atoms with van der Waals surface area (Å²) in [6.07, 6.45) is -9.02. The molecule has 0 bridgehead atoms. The first-order valence-electron chi connectivity index (χ1n) is 22.5. The molecular formula is C44H32Cl2F8N6O13. The first-order valence-corrected chi connectivity index (χ1v) is 20.3. The lowest BCUT2D eigenvalue weighted by Gasteiger charge is -2.17. The van der Waals surface area contributed by atoms with Crippen LogP contribution < -0.4 is 40.7 Å². The van der Waals surface area contributed by atoms with Crippen LogP contribution in [0.3, 0.4) is 0 Å². The molecule has 0 unspecified atom stereocenters. The fourth-order valence-corrected chi connectivity index (χ4v) is 6.15. The van der Waals surface area contributed by atoms with Crippen LogP contribution in [0.5, 0.6) is 34.5 Å². The molecule has 0 atom stereocenters. The number of amides is 2. The largest absolute Gasteiger partial charge is 0.493 e. The van der Waals surface area contributed by atoms with Crippen LogP contribution >= 0.6 is 23.2 Å². The van der Waals surface area contributed by atoms with E-state index in [4.69, 9.17) is 55.9 Å². The average molecular weight is 1080 g/mol. The molecule has 4 aromatic carbocycles. The fourth-order valence-electron chi connectivity index (χ4n) is 5.61. The lowest BCUT2D eigenvalue weighted by molar-refractivity contribution is -0.151. The molecule has 0 fully saturated rings. The van der Waals surface area contributed by atoms with Crippen molar-refractivity contribution in [2.24, 2.45) is 0 Å². The van der Waals surface area contributed by atoms with Gasteiger partial charge in [-0.3, -0.25) is 28.8 Å². The number of carbonyl (C=O) groups excluding carboxylic acids is 3. The van der Waals surface area contributed by atoms with Gasteiger partial charge in [0.05, 0.1) is 91.2 Å². The lowest BCUT2D eigenvalue weighted by Crippen LogP contribution is -2.26. The van der Waals surface area contributed by atoms with Crippen LogP contribution in [0.25, 0.3) is 0 Å². The molecule has 73 heavy (non-hydrogen) atoms. The van der Waals surface area contributed by atoms with Crippen molar-refractivity contribution in [2.45, 2.75) is 38.7 Å². The molecule has 2 amide bonds. The number of esters is 1. The summed E-state index contributed by atoms with van der Waals surface area (Å²) in [6, 6.07) is 8.30. The summed E-state index contributed by atoms with van der Waals surface area (Å²) in [5, 5.41) is 27.5. The number of hydrogen-bond donors (Lipinski definition) is 4. The van der Waals surface area contributed by atoms with E-state index in [0.29, 0.717) is 45.8 Å². The molecule has 0 aliphatic heterocycles. The van der Waals surface area contributed by atoms with Crippen molar-refractivity contribution in [3.05, 3.63) is 150 Å². The minimum atomic E-state index is -5.02. The number of methoxy groups -OCH3 is 2. The van der Waals surface area contributed by atoms with Gasteiger partial charge in [0.25, 0.3) is 22.9 Å². The third kappa shape index (κ3) is 14.9. The predicted octanol–water partition coefficient (Wildman–Crippen LogP) is 8.53. The molecule has 0 saturated carbocycles. The van der Waals surface area contributed by atoms with E-state index in [1.54, 1.807) is 0 Å². The Morgan fingerprint density at radius 2 is 1.08 bits per heavy atom. The van der Waals surface area contributed by atoms with Gasteiger partial charge in [0.15, 0.2) is 29.7 Å². The molecule has 6 aromatic rings. The minimum Gasteiger partial charge on any atom is -0.493 e. The first kappa shape index (κ1) is 47.0. The van der Waals surface area contributed by atoms with E-state index < -0.39 is 166 Å². The smallest absolute Gasteiger partial charge is 0.417 e. The van der Waals surface area contributed by atoms with Crippen LogP contribution in [-0.4, -0.2) is 67.6 Å². The van der Waals surface area contributed by atoms with Gasteiger partial charge in [0, 0.05) is 24.3 Å². The van der Waals surface area contributed by atoms with Crippen molar-refractivity contribution >= 4 is 58.3 Å². The van der Waals surface area contributed by atoms with Gasteiger partial charge in [0.2, 0.25) is 0 Å². The number of carboxylic acids is 1. The molecule has 4 N–H and O–H groups in total. The second-order valence-corrected chi connectivity index (χ2v) is 14.8. The topological polar surface area (TPSA) is 249 Å². The lowest BCUT2D eigenvalue weighted by atomic mass is 10.1. The SMILES string of the molecule is [2H]C([2H])([2H])Oc1cc(F)ccc1Oc1cc(C(F)(F)F)c(Cl)cc1C(=O)Nc1cnn(CO)c(=O)c1.[2H]C([2H])([2H])Oc1cc(F)ccc1Oc1cc(C(F)(F)F)c(Cl)cc1C(=O)Nc1cnn(COC(=O)CCC(=O)O)c(=O)c1. The molecular weight excluding hydrogens is 1040 g/mol. The van der Waals surface area contributed by atoms with E-state index in [-0.39, 0.29) is 11.4 Å². The van der Waals surface area contributed by atoms with E-state index in [0.717, 1.165) is 48.8 Å². The minimum absolute atomic E-state index is 0.176. The molecule has 29 heteroatoms. The highest BCUT2D eigenvalue weighted by atomic mass is 35.5. The Kier molecular flexibility index (Phi) is 15.3. The van der Waals surface area contributed by atoms with E-state index >= 15 is 0 Å². The number of nitrogens with zero attached hydrogens (tertiary/aromatic N) is 4. The number of ether oxygens (including phenoxy) is 5. The van der Waals surface area contributed by atoms with Gasteiger partial charge < -0.3 is 44.5 Å². The maximum absolute atomic E-state index is 13.8. The molecule has 0 spiro atoms. The molecule has 2 heterocycles. The first-order chi connectivity index (χ1) is 36.6. The highest BCUT2D eigenvalue weighted by Gasteiger charge is 2.37. The average Bonchev–Trinajstić information content (AvgIpc) is 3.36. The van der Waals surface area contributed by atoms with Crippen LogP contribution in [0, 0.1) is 11.6 Å². The molecule has 386 valence electrons. The number of aromatic nitrogens is 4. The Morgan fingerprint density at radius 3 is 1.47 bits per heavy atom. The normalized spacial score (nSPS) is 12.7. The van der Waals surface area contributed by atoms with Crippen molar-refractivity contribution in [3.63, 3.8) is 0 Å². The van der Waals surface area contributed by atoms with Gasteiger partial charge in [-0.25, -0.2) is 13.5 Å². The predicted molar refractivity (Wildman–Crippen MR) is 237 cm³/mol. The Bertz CT molecular complexity index is 3420. The Morgan fingerprint density at radius 1 is 0.644 bits per heavy atom. The van der Waals surface area contributed by atoms with E-state index in [2.05, 4.69) is 30.3 Å². The quantitative estimate of drug-likeness (QED) is 0.0524. The van der Waals surface area contributed by atoms with Crippen molar-refractivity contribution in [2.75, 3.05) is 24.7 Å². The van der Waals surface area contributed by atoms with Gasteiger partial charge in [-0.1, -0.05) is 23.2 Å². The summed E-state index contributed by atoms with van der Waals surface area (Å²) in [6.45, 7) is -1.42. The molecule has 6 rings (SSSR count). The summed E-state index contributed by atoms with van der Waals surface area (Å²) in [5.41, 5.74) is -6.14. The number of aliphatic carboxylic acids is 1. The van der Waals surface area contributed by atoms with Gasteiger partial charge in [0.1, 0.15) is 29.9 Å². The number of alkyl halides is 6. The number of carboxylic acid groups (broad SMARTS) is 1. The van der Waals surface area contributed by atoms with Crippen molar-refractivity contribution < 1.29 is 96.4 Å². The maximum atomic E-state index is 13.8.